The van der Waals surface area contributed by atoms with Gasteiger partial charge in [0.1, 0.15) is 0 Å². The van der Waals surface area contributed by atoms with Crippen LogP contribution in [0.3, 0.4) is 0 Å². The van der Waals surface area contributed by atoms with Gasteiger partial charge in [-0.3, -0.25) is 0 Å². The van der Waals surface area contributed by atoms with Gasteiger partial charge in [0.15, 0.2) is 0 Å². The highest BCUT2D eigenvalue weighted by atomic mass is 32.1. The molecule has 50 valence electrons. The van der Waals surface area contributed by atoms with Crippen molar-refractivity contribution in [2.75, 3.05) is 5.75 Å². The lowest BCUT2D eigenvalue weighted by Gasteiger charge is -2.04. The van der Waals surface area contributed by atoms with Crippen molar-refractivity contribution in [1.82, 2.24) is 0 Å². The summed E-state index contributed by atoms with van der Waals surface area (Å²) in [5, 5.41) is 0. The van der Waals surface area contributed by atoms with Crippen molar-refractivity contribution < 1.29 is 0 Å². The fraction of sp³-hybridized carbons (Fsp3) is 1.00. The van der Waals surface area contributed by atoms with Crippen LogP contribution in [0.1, 0.15) is 33.1 Å². The highest BCUT2D eigenvalue weighted by Crippen LogP contribution is 2.08. The molecular formula is C7H16S. The van der Waals surface area contributed by atoms with Gasteiger partial charge in [-0.1, -0.05) is 20.3 Å². The summed E-state index contributed by atoms with van der Waals surface area (Å²) >= 11 is 4.13. The molecule has 0 N–H and O–H groups in total. The van der Waals surface area contributed by atoms with Gasteiger partial charge in [0.2, 0.25) is 0 Å². The van der Waals surface area contributed by atoms with Crippen LogP contribution < -0.4 is 0 Å². The molecule has 0 amide bonds. The summed E-state index contributed by atoms with van der Waals surface area (Å²) in [5.41, 5.74) is 0. The Morgan fingerprint density at radius 2 is 2.12 bits per heavy atom. The van der Waals surface area contributed by atoms with Gasteiger partial charge in [-0.15, -0.1) is 0 Å². The van der Waals surface area contributed by atoms with E-state index in [0.717, 1.165) is 11.7 Å². The predicted molar refractivity (Wildman–Crippen MR) is 42.5 cm³/mol. The third-order valence-electron chi connectivity index (χ3n) is 1.55. The monoisotopic (exact) mass is 132 g/mol. The topological polar surface area (TPSA) is 0 Å². The third-order valence-corrected chi connectivity index (χ3v) is 1.87. The minimum absolute atomic E-state index is 0.905. The highest BCUT2D eigenvalue weighted by Gasteiger charge is 1.94. The molecule has 0 saturated carbocycles. The number of hydrogen-bond donors (Lipinski definition) is 1. The first-order chi connectivity index (χ1) is 3.81. The van der Waals surface area contributed by atoms with Gasteiger partial charge in [-0.05, 0) is 24.5 Å². The van der Waals surface area contributed by atoms with Crippen molar-refractivity contribution in [3.8, 4) is 0 Å². The normalized spacial score (nSPS) is 13.9. The molecule has 0 fully saturated rings. The van der Waals surface area contributed by atoms with E-state index in [9.17, 15) is 0 Å². The fourth-order valence-electron chi connectivity index (χ4n) is 0.644. The SMILES string of the molecule is CC[C@@H](C)CCCS. The van der Waals surface area contributed by atoms with Crippen molar-refractivity contribution in [3.63, 3.8) is 0 Å². The summed E-state index contributed by atoms with van der Waals surface area (Å²) in [4.78, 5) is 0. The van der Waals surface area contributed by atoms with Crippen LogP contribution in [-0.2, 0) is 0 Å². The van der Waals surface area contributed by atoms with Crippen molar-refractivity contribution in [1.29, 1.82) is 0 Å². The zero-order valence-corrected chi connectivity index (χ0v) is 6.75. The molecule has 0 aromatic heterocycles. The van der Waals surface area contributed by atoms with Crippen LogP contribution in [0.15, 0.2) is 0 Å². The van der Waals surface area contributed by atoms with Crippen LogP contribution in [0, 0.1) is 5.92 Å². The van der Waals surface area contributed by atoms with Crippen LogP contribution in [0.2, 0.25) is 0 Å². The molecule has 0 aliphatic heterocycles. The van der Waals surface area contributed by atoms with Crippen LogP contribution >= 0.6 is 12.6 Å². The lowest BCUT2D eigenvalue weighted by molar-refractivity contribution is 0.511. The Morgan fingerprint density at radius 1 is 1.50 bits per heavy atom. The van der Waals surface area contributed by atoms with Crippen molar-refractivity contribution in [2.24, 2.45) is 5.92 Å². The van der Waals surface area contributed by atoms with E-state index in [1.807, 2.05) is 0 Å². The van der Waals surface area contributed by atoms with Crippen LogP contribution in [0.4, 0.5) is 0 Å². The Labute approximate surface area is 58.1 Å². The van der Waals surface area contributed by atoms with Gasteiger partial charge < -0.3 is 0 Å². The van der Waals surface area contributed by atoms with Gasteiger partial charge >= 0.3 is 0 Å². The number of hydrogen-bond acceptors (Lipinski definition) is 1. The Kier molecular flexibility index (Phi) is 5.73. The second-order valence-electron chi connectivity index (χ2n) is 2.38. The maximum Gasteiger partial charge on any atom is -0.00978 e. The molecule has 0 nitrogen and oxygen atoms in total. The maximum absolute atomic E-state index is 4.13. The predicted octanol–water partition coefficient (Wildman–Crippen LogP) is 2.74. The first-order valence-electron chi connectivity index (χ1n) is 3.42. The average Bonchev–Trinajstić information content (AvgIpc) is 1.83. The Hall–Kier alpha value is 0.350. The largest absolute Gasteiger partial charge is 0.179 e. The van der Waals surface area contributed by atoms with E-state index >= 15 is 0 Å². The summed E-state index contributed by atoms with van der Waals surface area (Å²) < 4.78 is 0. The molecule has 0 radical (unpaired) electrons. The zero-order chi connectivity index (χ0) is 6.41. The molecule has 0 bridgehead atoms. The standard InChI is InChI=1S/C7H16S/c1-3-7(2)5-4-6-8/h7-8H,3-6H2,1-2H3/t7-/m1/s1. The van der Waals surface area contributed by atoms with Crippen LogP contribution in [-0.4, -0.2) is 5.75 Å². The number of rotatable bonds is 4. The third kappa shape index (κ3) is 4.51. The summed E-state index contributed by atoms with van der Waals surface area (Å²) in [6.07, 6.45) is 3.94. The Bertz CT molecular complexity index is 43.7. The van der Waals surface area contributed by atoms with Gasteiger partial charge in [0.05, 0.1) is 0 Å². The van der Waals surface area contributed by atoms with E-state index in [1.54, 1.807) is 0 Å². The van der Waals surface area contributed by atoms with Crippen molar-refractivity contribution >= 4 is 12.6 Å². The van der Waals surface area contributed by atoms with Crippen molar-refractivity contribution in [3.05, 3.63) is 0 Å². The zero-order valence-electron chi connectivity index (χ0n) is 5.85. The maximum atomic E-state index is 4.13. The molecule has 0 heterocycles. The molecule has 0 aromatic rings. The second kappa shape index (κ2) is 5.49. The fourth-order valence-corrected chi connectivity index (χ4v) is 0.826. The minimum Gasteiger partial charge on any atom is -0.179 e. The van der Waals surface area contributed by atoms with E-state index in [4.69, 9.17) is 0 Å². The van der Waals surface area contributed by atoms with Crippen molar-refractivity contribution in [2.45, 2.75) is 33.1 Å². The Balaban J connectivity index is 2.86. The second-order valence-corrected chi connectivity index (χ2v) is 2.83. The summed E-state index contributed by atoms with van der Waals surface area (Å²) in [7, 11) is 0. The van der Waals surface area contributed by atoms with E-state index in [1.165, 1.54) is 19.3 Å². The highest BCUT2D eigenvalue weighted by molar-refractivity contribution is 7.80. The molecule has 0 aromatic carbocycles. The van der Waals surface area contributed by atoms with Gasteiger partial charge in [-0.25, -0.2) is 0 Å². The molecule has 1 heteroatoms. The molecule has 0 rings (SSSR count). The summed E-state index contributed by atoms with van der Waals surface area (Å²) in [6.45, 7) is 4.53. The van der Waals surface area contributed by atoms with Crippen LogP contribution in [0.5, 0.6) is 0 Å². The number of thiol groups is 1. The molecule has 0 aliphatic rings. The van der Waals surface area contributed by atoms with E-state index in [-0.39, 0.29) is 0 Å². The molecule has 8 heavy (non-hydrogen) atoms. The van der Waals surface area contributed by atoms with E-state index in [2.05, 4.69) is 26.5 Å². The Morgan fingerprint density at radius 3 is 2.50 bits per heavy atom. The molecule has 0 spiro atoms. The minimum atomic E-state index is 0.905. The van der Waals surface area contributed by atoms with Gasteiger partial charge in [-0.2, -0.15) is 12.6 Å². The lowest BCUT2D eigenvalue weighted by atomic mass is 10.0. The molecular weight excluding hydrogens is 116 g/mol. The molecule has 1 atom stereocenters. The lowest BCUT2D eigenvalue weighted by Crippen LogP contribution is -1.91. The summed E-state index contributed by atoms with van der Waals surface area (Å²) in [5.74, 6) is 1.95. The molecule has 0 aliphatic carbocycles. The van der Waals surface area contributed by atoms with Crippen LogP contribution in [0.25, 0.3) is 0 Å². The molecule has 0 saturated heterocycles. The smallest absolute Gasteiger partial charge is 0.00978 e. The van der Waals surface area contributed by atoms with Gasteiger partial charge in [0, 0.05) is 0 Å². The quantitative estimate of drug-likeness (QED) is 0.559. The van der Waals surface area contributed by atoms with E-state index < -0.39 is 0 Å². The first-order valence-corrected chi connectivity index (χ1v) is 4.05. The first kappa shape index (κ1) is 8.35. The molecule has 0 unspecified atom stereocenters. The van der Waals surface area contributed by atoms with E-state index in [0.29, 0.717) is 0 Å². The van der Waals surface area contributed by atoms with Gasteiger partial charge in [0.25, 0.3) is 0 Å². The average molecular weight is 132 g/mol. The summed E-state index contributed by atoms with van der Waals surface area (Å²) in [6, 6.07) is 0.